The summed E-state index contributed by atoms with van der Waals surface area (Å²) in [6.07, 6.45) is 7.12. The van der Waals surface area contributed by atoms with Crippen LogP contribution in [0.25, 0.3) is 0 Å². The van der Waals surface area contributed by atoms with Crippen LogP contribution in [-0.2, 0) is 9.47 Å². The van der Waals surface area contributed by atoms with Crippen molar-refractivity contribution in [2.45, 2.75) is 13.8 Å². The summed E-state index contributed by atoms with van der Waals surface area (Å²) in [5.41, 5.74) is 0. The van der Waals surface area contributed by atoms with E-state index in [1.807, 2.05) is 26.0 Å². The Morgan fingerprint density at radius 1 is 0.929 bits per heavy atom. The summed E-state index contributed by atoms with van der Waals surface area (Å²) in [7, 11) is 0. The van der Waals surface area contributed by atoms with Gasteiger partial charge in [-0.3, -0.25) is 0 Å². The molecule has 0 fully saturated rings. The first kappa shape index (κ1) is 12.6. The van der Waals surface area contributed by atoms with Crippen molar-refractivity contribution in [3.63, 3.8) is 0 Å². The van der Waals surface area contributed by atoms with Gasteiger partial charge in [-0.05, 0) is 26.0 Å². The van der Waals surface area contributed by atoms with E-state index in [1.165, 1.54) is 0 Å². The van der Waals surface area contributed by atoms with E-state index in [9.17, 15) is 0 Å². The molecule has 0 radical (unpaired) electrons. The molecule has 14 heavy (non-hydrogen) atoms. The molecule has 0 aliphatic carbocycles. The van der Waals surface area contributed by atoms with Crippen LogP contribution < -0.4 is 0 Å². The van der Waals surface area contributed by atoms with Gasteiger partial charge in [0.1, 0.15) is 13.2 Å². The fraction of sp³-hybridized carbons (Fsp3) is 0.333. The van der Waals surface area contributed by atoms with Crippen LogP contribution in [0.1, 0.15) is 13.8 Å². The lowest BCUT2D eigenvalue weighted by molar-refractivity contribution is 0.180. The summed E-state index contributed by atoms with van der Waals surface area (Å²) in [6, 6.07) is 0. The molecule has 2 heteroatoms. The fourth-order valence-electron chi connectivity index (χ4n) is 0.891. The lowest BCUT2D eigenvalue weighted by atomic mass is 10.3. The summed E-state index contributed by atoms with van der Waals surface area (Å²) in [4.78, 5) is 0. The average Bonchev–Trinajstić information content (AvgIpc) is 2.23. The molecule has 0 rings (SSSR count). The summed E-state index contributed by atoms with van der Waals surface area (Å²) in [5.74, 6) is 1.46. The number of rotatable bonds is 7. The van der Waals surface area contributed by atoms with Crippen LogP contribution in [0.5, 0.6) is 0 Å². The van der Waals surface area contributed by atoms with Gasteiger partial charge in [0, 0.05) is 0 Å². The molecule has 2 nitrogen and oxygen atoms in total. The third-order valence-electron chi connectivity index (χ3n) is 1.48. The van der Waals surface area contributed by atoms with Gasteiger partial charge in [0.05, 0.1) is 0 Å². The van der Waals surface area contributed by atoms with E-state index < -0.39 is 0 Å². The molecule has 0 aliphatic rings. The van der Waals surface area contributed by atoms with Crippen molar-refractivity contribution >= 4 is 0 Å². The number of hydrogen-bond acceptors (Lipinski definition) is 2. The van der Waals surface area contributed by atoms with Gasteiger partial charge in [-0.1, -0.05) is 25.3 Å². The highest BCUT2D eigenvalue weighted by molar-refractivity contribution is 5.19. The van der Waals surface area contributed by atoms with Gasteiger partial charge in [0.15, 0.2) is 11.5 Å². The summed E-state index contributed by atoms with van der Waals surface area (Å²) < 4.78 is 10.8. The zero-order valence-electron chi connectivity index (χ0n) is 8.95. The van der Waals surface area contributed by atoms with E-state index in [-0.39, 0.29) is 0 Å². The minimum Gasteiger partial charge on any atom is -0.486 e. The topological polar surface area (TPSA) is 18.5 Å². The largest absolute Gasteiger partial charge is 0.486 e. The molecule has 0 bridgehead atoms. The number of allylic oxidation sites excluding steroid dienone is 2. The van der Waals surface area contributed by atoms with Gasteiger partial charge >= 0.3 is 0 Å². The number of hydrogen-bond donors (Lipinski definition) is 0. The predicted molar refractivity (Wildman–Crippen MR) is 59.8 cm³/mol. The zero-order valence-corrected chi connectivity index (χ0v) is 8.95. The van der Waals surface area contributed by atoms with Crippen LogP contribution >= 0.6 is 0 Å². The molecule has 0 aromatic heterocycles. The van der Waals surface area contributed by atoms with Crippen LogP contribution in [-0.4, -0.2) is 13.2 Å². The molecule has 0 aromatic carbocycles. The molecule has 0 aliphatic heterocycles. The Morgan fingerprint density at radius 3 is 1.50 bits per heavy atom. The fourth-order valence-corrected chi connectivity index (χ4v) is 0.891. The molecule has 0 N–H and O–H groups in total. The van der Waals surface area contributed by atoms with Crippen LogP contribution in [0, 0.1) is 0 Å². The molecule has 78 valence electrons. The highest BCUT2D eigenvalue weighted by Gasteiger charge is 2.04. The van der Waals surface area contributed by atoms with Crippen LogP contribution in [0.3, 0.4) is 0 Å². The molecular weight excluding hydrogens is 176 g/mol. The molecule has 0 heterocycles. The third-order valence-corrected chi connectivity index (χ3v) is 1.48. The highest BCUT2D eigenvalue weighted by atomic mass is 16.5. The second kappa shape index (κ2) is 8.17. The van der Waals surface area contributed by atoms with Gasteiger partial charge in [-0.15, -0.1) is 0 Å². The molecule has 0 saturated heterocycles. The minimum atomic E-state index is 0.481. The second-order valence-corrected chi connectivity index (χ2v) is 2.51. The maximum absolute atomic E-state index is 5.41. The van der Waals surface area contributed by atoms with E-state index >= 15 is 0 Å². The van der Waals surface area contributed by atoms with E-state index in [0.29, 0.717) is 13.2 Å². The maximum Gasteiger partial charge on any atom is 0.157 e. The normalized spacial score (nSPS) is 12.1. The van der Waals surface area contributed by atoms with Gasteiger partial charge in [-0.25, -0.2) is 0 Å². The predicted octanol–water partition coefficient (Wildman–Crippen LogP) is 3.20. The first-order valence-electron chi connectivity index (χ1n) is 4.60. The Morgan fingerprint density at radius 2 is 1.29 bits per heavy atom. The first-order valence-corrected chi connectivity index (χ1v) is 4.60. The van der Waals surface area contributed by atoms with Crippen molar-refractivity contribution in [1.82, 2.24) is 0 Å². The lowest BCUT2D eigenvalue weighted by Crippen LogP contribution is -2.00. The van der Waals surface area contributed by atoms with E-state index in [0.717, 1.165) is 11.5 Å². The van der Waals surface area contributed by atoms with E-state index in [4.69, 9.17) is 9.47 Å². The Bertz CT molecular complexity index is 211. The van der Waals surface area contributed by atoms with Gasteiger partial charge in [0.2, 0.25) is 0 Å². The third kappa shape index (κ3) is 4.55. The minimum absolute atomic E-state index is 0.481. The Hall–Kier alpha value is -1.44. The zero-order chi connectivity index (χ0) is 10.8. The Balaban J connectivity index is 4.31. The van der Waals surface area contributed by atoms with Crippen molar-refractivity contribution in [1.29, 1.82) is 0 Å². The van der Waals surface area contributed by atoms with Crippen molar-refractivity contribution in [3.8, 4) is 0 Å². The molecule has 0 aromatic rings. The number of ether oxygens (including phenoxy) is 2. The SMILES string of the molecule is C=CCOC(=C/C)/C(=C\C)OCC=C. The van der Waals surface area contributed by atoms with Crippen molar-refractivity contribution in [2.24, 2.45) is 0 Å². The molecule has 0 atom stereocenters. The standard InChI is InChI=1S/C12H18O2/c1-5-9-13-11(7-3)12(8-4)14-10-6-2/h5-8H,1-2,9-10H2,3-4H3/b11-7+,12-8+. The van der Waals surface area contributed by atoms with Gasteiger partial charge < -0.3 is 9.47 Å². The molecule has 0 saturated carbocycles. The molecule has 0 unspecified atom stereocenters. The Kier molecular flexibility index (Phi) is 7.33. The van der Waals surface area contributed by atoms with Crippen LogP contribution in [0.15, 0.2) is 49.0 Å². The highest BCUT2D eigenvalue weighted by Crippen LogP contribution is 2.13. The van der Waals surface area contributed by atoms with Crippen LogP contribution in [0.2, 0.25) is 0 Å². The Labute approximate surface area is 86.2 Å². The van der Waals surface area contributed by atoms with Gasteiger partial charge in [0.25, 0.3) is 0 Å². The maximum atomic E-state index is 5.41. The summed E-state index contributed by atoms with van der Waals surface area (Å²) in [6.45, 7) is 11.9. The first-order chi connectivity index (χ1) is 6.79. The smallest absolute Gasteiger partial charge is 0.157 e. The van der Waals surface area contributed by atoms with Crippen molar-refractivity contribution < 1.29 is 9.47 Å². The second-order valence-electron chi connectivity index (χ2n) is 2.51. The van der Waals surface area contributed by atoms with Crippen molar-refractivity contribution in [3.05, 3.63) is 49.0 Å². The van der Waals surface area contributed by atoms with Crippen LogP contribution in [0.4, 0.5) is 0 Å². The molecular formula is C12H18O2. The monoisotopic (exact) mass is 194 g/mol. The quantitative estimate of drug-likeness (QED) is 0.352. The van der Waals surface area contributed by atoms with E-state index in [2.05, 4.69) is 13.2 Å². The summed E-state index contributed by atoms with van der Waals surface area (Å²) in [5, 5.41) is 0. The average molecular weight is 194 g/mol. The van der Waals surface area contributed by atoms with Gasteiger partial charge in [-0.2, -0.15) is 0 Å². The summed E-state index contributed by atoms with van der Waals surface area (Å²) >= 11 is 0. The molecule has 0 spiro atoms. The van der Waals surface area contributed by atoms with E-state index in [1.54, 1.807) is 12.2 Å². The van der Waals surface area contributed by atoms with Crippen molar-refractivity contribution in [2.75, 3.05) is 13.2 Å². The lowest BCUT2D eigenvalue weighted by Gasteiger charge is -2.12. The molecule has 0 amide bonds.